The van der Waals surface area contributed by atoms with Gasteiger partial charge in [-0.1, -0.05) is 32.6 Å². The number of carboxylic acids is 1. The van der Waals surface area contributed by atoms with Gasteiger partial charge in [-0.2, -0.15) is 0 Å². The van der Waals surface area contributed by atoms with Crippen LogP contribution in [0.15, 0.2) is 12.2 Å². The molecule has 0 heterocycles. The minimum absolute atomic E-state index is 0.384. The lowest BCUT2D eigenvalue weighted by molar-refractivity contribution is -0.138. The molecule has 1 aliphatic carbocycles. The molecule has 1 fully saturated rings. The van der Waals surface area contributed by atoms with E-state index >= 15 is 0 Å². The number of carbonyl (C=O) groups excluding carboxylic acids is 1. The molecule has 0 aromatic heterocycles. The molecule has 0 aliphatic heterocycles. The van der Waals surface area contributed by atoms with Crippen LogP contribution in [0.4, 0.5) is 0 Å². The van der Waals surface area contributed by atoms with Crippen molar-refractivity contribution in [2.24, 2.45) is 11.8 Å². The minimum Gasteiger partial charge on any atom is -0.478 e. The lowest BCUT2D eigenvalue weighted by Crippen LogP contribution is -2.13. The molecule has 0 aromatic rings. The van der Waals surface area contributed by atoms with Crippen molar-refractivity contribution in [3.8, 4) is 0 Å². The molecule has 18 heavy (non-hydrogen) atoms. The topological polar surface area (TPSA) is 63.6 Å². The molecule has 0 aromatic carbocycles. The smallest absolute Gasteiger partial charge is 0.331 e. The molecule has 4 heteroatoms. The van der Waals surface area contributed by atoms with Crippen molar-refractivity contribution in [2.75, 3.05) is 6.61 Å². The molecule has 0 saturated heterocycles. The average Bonchev–Trinajstić information content (AvgIpc) is 2.34. The Hall–Kier alpha value is -1.32. The van der Waals surface area contributed by atoms with Crippen molar-refractivity contribution >= 4 is 11.9 Å². The highest BCUT2D eigenvalue weighted by atomic mass is 16.5. The second-order valence-corrected chi connectivity index (χ2v) is 5.11. The normalized spacial score (nSPS) is 24.1. The number of ether oxygens (including phenoxy) is 1. The van der Waals surface area contributed by atoms with E-state index in [0.29, 0.717) is 6.61 Å². The third-order valence-corrected chi connectivity index (χ3v) is 3.50. The second kappa shape index (κ2) is 7.90. The predicted octanol–water partition coefficient (Wildman–Crippen LogP) is 2.78. The van der Waals surface area contributed by atoms with E-state index in [4.69, 9.17) is 9.84 Å². The fourth-order valence-corrected chi connectivity index (χ4v) is 2.35. The molecule has 1 N–H and O–H groups in total. The van der Waals surface area contributed by atoms with Gasteiger partial charge in [0.25, 0.3) is 0 Å². The van der Waals surface area contributed by atoms with Gasteiger partial charge in [-0.25, -0.2) is 9.59 Å². The van der Waals surface area contributed by atoms with Crippen molar-refractivity contribution in [2.45, 2.75) is 45.4 Å². The van der Waals surface area contributed by atoms with E-state index in [-0.39, 0.29) is 0 Å². The largest absolute Gasteiger partial charge is 0.478 e. The molecule has 0 unspecified atom stereocenters. The van der Waals surface area contributed by atoms with Gasteiger partial charge in [0.15, 0.2) is 0 Å². The molecule has 1 aliphatic rings. The van der Waals surface area contributed by atoms with E-state index in [2.05, 4.69) is 6.92 Å². The van der Waals surface area contributed by atoms with Crippen molar-refractivity contribution in [1.29, 1.82) is 0 Å². The molecule has 0 atom stereocenters. The van der Waals surface area contributed by atoms with E-state index in [9.17, 15) is 9.59 Å². The van der Waals surface area contributed by atoms with Crippen LogP contribution in [-0.4, -0.2) is 23.7 Å². The van der Waals surface area contributed by atoms with Crippen LogP contribution >= 0.6 is 0 Å². The summed E-state index contributed by atoms with van der Waals surface area (Å²) in [7, 11) is 0. The van der Waals surface area contributed by atoms with Gasteiger partial charge < -0.3 is 9.84 Å². The van der Waals surface area contributed by atoms with Crippen LogP contribution in [0.5, 0.6) is 0 Å². The van der Waals surface area contributed by atoms with Gasteiger partial charge >= 0.3 is 11.9 Å². The summed E-state index contributed by atoms with van der Waals surface area (Å²) in [5.41, 5.74) is 0. The van der Waals surface area contributed by atoms with E-state index in [1.54, 1.807) is 0 Å². The van der Waals surface area contributed by atoms with Crippen LogP contribution in [0.25, 0.3) is 0 Å². The molecule has 4 nitrogen and oxygen atoms in total. The first-order valence-corrected chi connectivity index (χ1v) is 6.65. The van der Waals surface area contributed by atoms with Crippen LogP contribution in [0.2, 0.25) is 0 Å². The summed E-state index contributed by atoms with van der Waals surface area (Å²) in [6, 6.07) is 0. The van der Waals surface area contributed by atoms with E-state index < -0.39 is 11.9 Å². The van der Waals surface area contributed by atoms with Crippen LogP contribution in [0.1, 0.15) is 45.4 Å². The van der Waals surface area contributed by atoms with E-state index in [1.165, 1.54) is 25.7 Å². The number of hydrogen-bond acceptors (Lipinski definition) is 3. The number of carbonyl (C=O) groups is 2. The second-order valence-electron chi connectivity index (χ2n) is 5.11. The predicted molar refractivity (Wildman–Crippen MR) is 68.1 cm³/mol. The third-order valence-electron chi connectivity index (χ3n) is 3.50. The van der Waals surface area contributed by atoms with Gasteiger partial charge in [-0.15, -0.1) is 0 Å². The number of esters is 1. The van der Waals surface area contributed by atoms with Crippen LogP contribution in [0, 0.1) is 11.8 Å². The zero-order valence-electron chi connectivity index (χ0n) is 10.9. The number of aliphatic carboxylic acids is 1. The molecule has 0 bridgehead atoms. The summed E-state index contributed by atoms with van der Waals surface area (Å²) in [4.78, 5) is 21.2. The van der Waals surface area contributed by atoms with E-state index in [1.807, 2.05) is 0 Å². The van der Waals surface area contributed by atoms with Crippen LogP contribution < -0.4 is 0 Å². The number of carboxylic acid groups (broad SMARTS) is 1. The van der Waals surface area contributed by atoms with E-state index in [0.717, 1.165) is 36.8 Å². The molecular formula is C14H22O4. The summed E-state index contributed by atoms with van der Waals surface area (Å²) in [6.07, 6.45) is 8.91. The van der Waals surface area contributed by atoms with Crippen LogP contribution in [-0.2, 0) is 14.3 Å². The fraction of sp³-hybridized carbons (Fsp3) is 0.714. The Morgan fingerprint density at radius 2 is 1.89 bits per heavy atom. The maximum Gasteiger partial charge on any atom is 0.331 e. The van der Waals surface area contributed by atoms with Gasteiger partial charge in [-0.05, 0) is 24.7 Å². The standard InChI is InChI=1S/C14H22O4/c1-11-4-6-12(7-5-11)3-2-10-18-14(17)9-8-13(15)16/h8-9,11-12H,2-7,10H2,1H3,(H,15,16)/b9-8+. The first kappa shape index (κ1) is 14.7. The molecule has 0 radical (unpaired) electrons. The number of hydrogen-bond donors (Lipinski definition) is 1. The van der Waals surface area contributed by atoms with Gasteiger partial charge in [0.1, 0.15) is 0 Å². The lowest BCUT2D eigenvalue weighted by atomic mass is 9.81. The summed E-state index contributed by atoms with van der Waals surface area (Å²) in [6.45, 7) is 2.68. The van der Waals surface area contributed by atoms with Crippen LogP contribution in [0.3, 0.4) is 0 Å². The van der Waals surface area contributed by atoms with Gasteiger partial charge in [-0.3, -0.25) is 0 Å². The van der Waals surface area contributed by atoms with Crippen molar-refractivity contribution < 1.29 is 19.4 Å². The Kier molecular flexibility index (Phi) is 6.47. The molecule has 0 amide bonds. The van der Waals surface area contributed by atoms with Gasteiger partial charge in [0, 0.05) is 12.2 Å². The SMILES string of the molecule is CC1CCC(CCCOC(=O)/C=C/C(=O)O)CC1. The average molecular weight is 254 g/mol. The highest BCUT2D eigenvalue weighted by Gasteiger charge is 2.17. The summed E-state index contributed by atoms with van der Waals surface area (Å²) in [5, 5.41) is 8.33. The maximum absolute atomic E-state index is 11.1. The third kappa shape index (κ3) is 6.42. The first-order chi connectivity index (χ1) is 8.58. The molecule has 0 spiro atoms. The molecular weight excluding hydrogens is 232 g/mol. The number of rotatable bonds is 6. The van der Waals surface area contributed by atoms with Crippen molar-refractivity contribution in [3.63, 3.8) is 0 Å². The Morgan fingerprint density at radius 1 is 1.22 bits per heavy atom. The molecule has 1 rings (SSSR count). The summed E-state index contributed by atoms with van der Waals surface area (Å²) >= 11 is 0. The Morgan fingerprint density at radius 3 is 2.50 bits per heavy atom. The summed E-state index contributed by atoms with van der Waals surface area (Å²) < 4.78 is 4.92. The maximum atomic E-state index is 11.1. The zero-order valence-corrected chi connectivity index (χ0v) is 10.9. The van der Waals surface area contributed by atoms with Gasteiger partial charge in [0.2, 0.25) is 0 Å². The first-order valence-electron chi connectivity index (χ1n) is 6.65. The minimum atomic E-state index is -1.14. The monoisotopic (exact) mass is 254 g/mol. The lowest BCUT2D eigenvalue weighted by Gasteiger charge is -2.25. The Labute approximate surface area is 108 Å². The highest BCUT2D eigenvalue weighted by Crippen LogP contribution is 2.30. The fourth-order valence-electron chi connectivity index (χ4n) is 2.35. The Balaban J connectivity index is 2.04. The quantitative estimate of drug-likeness (QED) is 0.450. The van der Waals surface area contributed by atoms with Gasteiger partial charge in [0.05, 0.1) is 6.61 Å². The zero-order chi connectivity index (χ0) is 13.4. The van der Waals surface area contributed by atoms with Crippen molar-refractivity contribution in [3.05, 3.63) is 12.2 Å². The summed E-state index contributed by atoms with van der Waals surface area (Å²) in [5.74, 6) is -0.0763. The highest BCUT2D eigenvalue weighted by molar-refractivity contribution is 5.90. The Bertz CT molecular complexity index is 301. The molecule has 102 valence electrons. The van der Waals surface area contributed by atoms with Crippen molar-refractivity contribution in [1.82, 2.24) is 0 Å². The molecule has 1 saturated carbocycles.